The Kier molecular flexibility index (Phi) is 5.63. The molecular formula is C26H34O4. The molecule has 162 valence electrons. The Bertz CT molecular complexity index is 847. The van der Waals surface area contributed by atoms with Crippen molar-refractivity contribution in [2.24, 2.45) is 28.6 Å². The predicted octanol–water partition coefficient (Wildman–Crippen LogP) is 5.48. The van der Waals surface area contributed by atoms with E-state index in [0.29, 0.717) is 24.2 Å². The van der Waals surface area contributed by atoms with Crippen LogP contribution in [0.4, 0.5) is 0 Å². The minimum atomic E-state index is -0.288. The van der Waals surface area contributed by atoms with Gasteiger partial charge in [-0.05, 0) is 85.8 Å². The predicted molar refractivity (Wildman–Crippen MR) is 115 cm³/mol. The molecule has 0 bridgehead atoms. The first-order valence-electron chi connectivity index (χ1n) is 11.7. The van der Waals surface area contributed by atoms with Gasteiger partial charge in [0.05, 0.1) is 0 Å². The van der Waals surface area contributed by atoms with E-state index in [2.05, 4.69) is 19.9 Å². The van der Waals surface area contributed by atoms with Gasteiger partial charge < -0.3 is 4.74 Å². The molecule has 4 nitrogen and oxygen atoms in total. The molecule has 0 aromatic heterocycles. The lowest BCUT2D eigenvalue weighted by Crippen LogP contribution is -2.48. The summed E-state index contributed by atoms with van der Waals surface area (Å²) in [7, 11) is 0. The van der Waals surface area contributed by atoms with Gasteiger partial charge in [-0.25, -0.2) is 0 Å². The van der Waals surface area contributed by atoms with Crippen LogP contribution >= 0.6 is 0 Å². The molecule has 0 heterocycles. The number of aldehydes is 1. The monoisotopic (exact) mass is 410 g/mol. The van der Waals surface area contributed by atoms with Gasteiger partial charge in [0.1, 0.15) is 0 Å². The summed E-state index contributed by atoms with van der Waals surface area (Å²) >= 11 is 0. The van der Waals surface area contributed by atoms with E-state index in [4.69, 9.17) is 4.74 Å². The summed E-state index contributed by atoms with van der Waals surface area (Å²) in [6, 6.07) is 0. The highest BCUT2D eigenvalue weighted by Gasteiger charge is 2.57. The zero-order chi connectivity index (χ0) is 21.5. The highest BCUT2D eigenvalue weighted by molar-refractivity contribution is 6.01. The Morgan fingerprint density at radius 1 is 1.20 bits per heavy atom. The molecular weight excluding hydrogens is 376 g/mol. The van der Waals surface area contributed by atoms with E-state index in [1.165, 1.54) is 5.57 Å². The fourth-order valence-electron chi connectivity index (χ4n) is 7.07. The van der Waals surface area contributed by atoms with Crippen molar-refractivity contribution in [3.05, 3.63) is 35.1 Å². The maximum atomic E-state index is 12.2. The maximum absolute atomic E-state index is 12.2. The minimum absolute atomic E-state index is 0.0231. The van der Waals surface area contributed by atoms with E-state index in [0.717, 1.165) is 63.2 Å². The van der Waals surface area contributed by atoms with Crippen LogP contribution in [0.2, 0.25) is 0 Å². The molecule has 0 radical (unpaired) electrons. The molecule has 0 unspecified atom stereocenters. The van der Waals surface area contributed by atoms with Crippen LogP contribution in [0, 0.1) is 28.6 Å². The lowest BCUT2D eigenvalue weighted by atomic mass is 9.48. The lowest BCUT2D eigenvalue weighted by molar-refractivity contribution is -0.141. The van der Waals surface area contributed by atoms with Crippen LogP contribution in [-0.4, -0.2) is 18.0 Å². The molecule has 4 aliphatic carbocycles. The van der Waals surface area contributed by atoms with Crippen molar-refractivity contribution in [3.8, 4) is 0 Å². The molecule has 0 spiro atoms. The first-order valence-corrected chi connectivity index (χ1v) is 11.7. The zero-order valence-corrected chi connectivity index (χ0v) is 18.5. The maximum Gasteiger partial charge on any atom is 0.311 e. The molecule has 4 aliphatic rings. The van der Waals surface area contributed by atoms with Crippen LogP contribution in [0.5, 0.6) is 0 Å². The molecule has 5 atom stereocenters. The molecule has 3 saturated carbocycles. The van der Waals surface area contributed by atoms with E-state index >= 15 is 0 Å². The van der Waals surface area contributed by atoms with Crippen molar-refractivity contribution in [1.29, 1.82) is 0 Å². The van der Waals surface area contributed by atoms with Crippen LogP contribution in [0.1, 0.15) is 78.6 Å². The van der Waals surface area contributed by atoms with Crippen LogP contribution in [0.25, 0.3) is 0 Å². The second-order valence-corrected chi connectivity index (χ2v) is 10.1. The second kappa shape index (κ2) is 7.94. The summed E-state index contributed by atoms with van der Waals surface area (Å²) < 4.78 is 5.57. The highest BCUT2D eigenvalue weighted by Crippen LogP contribution is 2.66. The first-order chi connectivity index (χ1) is 14.3. The summed E-state index contributed by atoms with van der Waals surface area (Å²) in [5.41, 5.74) is 2.26. The van der Waals surface area contributed by atoms with Crippen LogP contribution in [0.3, 0.4) is 0 Å². The fourth-order valence-corrected chi connectivity index (χ4v) is 7.07. The number of rotatable bonds is 5. The summed E-state index contributed by atoms with van der Waals surface area (Å²) in [6.45, 7) is 6.63. The first kappa shape index (κ1) is 21.3. The molecule has 0 aromatic rings. The molecule has 0 N–H and O–H groups in total. The van der Waals surface area contributed by atoms with Gasteiger partial charge in [0.15, 0.2) is 17.8 Å². The van der Waals surface area contributed by atoms with Gasteiger partial charge in [0, 0.05) is 11.8 Å². The largest absolute Gasteiger partial charge is 0.423 e. The van der Waals surface area contributed by atoms with Crippen molar-refractivity contribution < 1.29 is 19.1 Å². The Hall–Kier alpha value is -1.97. The highest BCUT2D eigenvalue weighted by atomic mass is 16.5. The van der Waals surface area contributed by atoms with E-state index in [-0.39, 0.29) is 28.3 Å². The lowest BCUT2D eigenvalue weighted by Gasteiger charge is -2.56. The molecule has 0 amide bonds. The van der Waals surface area contributed by atoms with Crippen LogP contribution in [-0.2, 0) is 19.1 Å². The quantitative estimate of drug-likeness (QED) is 0.261. The Balaban J connectivity index is 1.60. The van der Waals surface area contributed by atoms with E-state index in [1.54, 1.807) is 6.08 Å². The standard InChI is InChI=1S/C26H34O4/c1-4-5-6-24(29)30-23(16-27)22-10-9-20-19-8-7-17-15-18(28)11-13-25(17,2)21(19)12-14-26(20,22)3/h11,13,15-16,19-21H,4-10,12,14H2,1-3H3/t19-,20-,21-,25-,26-/m0/s1. The van der Waals surface area contributed by atoms with Crippen molar-refractivity contribution in [2.75, 3.05) is 0 Å². The number of carbonyl (C=O) groups is 3. The minimum Gasteiger partial charge on any atom is -0.423 e. The second-order valence-electron chi connectivity index (χ2n) is 10.1. The zero-order valence-electron chi connectivity index (χ0n) is 18.5. The number of hydrogen-bond acceptors (Lipinski definition) is 4. The third-order valence-corrected chi connectivity index (χ3v) is 8.70. The fraction of sp³-hybridized carbons (Fsp3) is 0.654. The van der Waals surface area contributed by atoms with Gasteiger partial charge >= 0.3 is 5.97 Å². The molecule has 0 aliphatic heterocycles. The molecule has 3 fully saturated rings. The van der Waals surface area contributed by atoms with Gasteiger partial charge in [0.25, 0.3) is 0 Å². The van der Waals surface area contributed by atoms with Crippen molar-refractivity contribution in [3.63, 3.8) is 0 Å². The van der Waals surface area contributed by atoms with E-state index in [9.17, 15) is 14.4 Å². The number of esters is 1. The van der Waals surface area contributed by atoms with Gasteiger partial charge in [-0.3, -0.25) is 14.4 Å². The molecule has 0 saturated heterocycles. The number of ether oxygens (including phenoxy) is 1. The van der Waals surface area contributed by atoms with Gasteiger partial charge in [-0.1, -0.05) is 38.8 Å². The average molecular weight is 411 g/mol. The Labute approximate surface area is 179 Å². The summed E-state index contributed by atoms with van der Waals surface area (Å²) in [4.78, 5) is 36.0. The number of unbranched alkanes of at least 4 members (excludes halogenated alkanes) is 1. The van der Waals surface area contributed by atoms with E-state index in [1.807, 2.05) is 13.0 Å². The summed E-state index contributed by atoms with van der Waals surface area (Å²) in [6.07, 6.45) is 14.7. The topological polar surface area (TPSA) is 60.4 Å². The Morgan fingerprint density at radius 3 is 2.73 bits per heavy atom. The molecule has 0 aromatic carbocycles. The van der Waals surface area contributed by atoms with Crippen molar-refractivity contribution in [1.82, 2.24) is 0 Å². The number of allylic oxidation sites excluding steroid dienone is 6. The SMILES string of the molecule is CCCCC(=O)OC(C=O)=C1CC[C@H]2[C@@H]3CCC4=CC(=O)C=C[C@]4(C)[C@H]3CC[C@]12C. The molecule has 30 heavy (non-hydrogen) atoms. The number of carbonyl (C=O) groups excluding carboxylic acids is 3. The van der Waals surface area contributed by atoms with Gasteiger partial charge in [0.2, 0.25) is 0 Å². The smallest absolute Gasteiger partial charge is 0.311 e. The molecule has 4 heteroatoms. The van der Waals surface area contributed by atoms with Gasteiger partial charge in [-0.15, -0.1) is 0 Å². The van der Waals surface area contributed by atoms with Crippen molar-refractivity contribution in [2.45, 2.75) is 78.6 Å². The normalized spacial score (nSPS) is 38.8. The number of fused-ring (bicyclic) bond motifs is 5. The third kappa shape index (κ3) is 3.33. The van der Waals surface area contributed by atoms with E-state index < -0.39 is 0 Å². The van der Waals surface area contributed by atoms with Crippen LogP contribution in [0.15, 0.2) is 35.1 Å². The number of ketones is 1. The van der Waals surface area contributed by atoms with Crippen LogP contribution < -0.4 is 0 Å². The Morgan fingerprint density at radius 2 is 2.00 bits per heavy atom. The average Bonchev–Trinajstić information content (AvgIpc) is 3.08. The van der Waals surface area contributed by atoms with Gasteiger partial charge in [-0.2, -0.15) is 0 Å². The van der Waals surface area contributed by atoms with Crippen molar-refractivity contribution >= 4 is 18.0 Å². The molecule has 4 rings (SSSR count). The summed E-state index contributed by atoms with van der Waals surface area (Å²) in [5, 5.41) is 0. The summed E-state index contributed by atoms with van der Waals surface area (Å²) in [5.74, 6) is 1.72. The number of hydrogen-bond donors (Lipinski definition) is 0. The third-order valence-electron chi connectivity index (χ3n) is 8.70.